The Bertz CT molecular complexity index is 1940. The van der Waals surface area contributed by atoms with Gasteiger partial charge in [0, 0.05) is 19.3 Å². The molecule has 0 aromatic rings. The Labute approximate surface area is 510 Å². The van der Waals surface area contributed by atoms with Crippen molar-refractivity contribution in [2.24, 2.45) is 0 Å². The molecule has 0 N–H and O–H groups in total. The first-order chi connectivity index (χ1) is 41.0. The lowest BCUT2D eigenvalue weighted by molar-refractivity contribution is -0.167. The Kier molecular flexibility index (Phi) is 64.4. The van der Waals surface area contributed by atoms with Crippen LogP contribution in [0.3, 0.4) is 0 Å². The first kappa shape index (κ1) is 77.5. The van der Waals surface area contributed by atoms with E-state index < -0.39 is 6.10 Å². The number of rotatable bonds is 58. The molecule has 0 saturated heterocycles. The smallest absolute Gasteiger partial charge is 0.306 e. The van der Waals surface area contributed by atoms with Gasteiger partial charge in [0.15, 0.2) is 6.10 Å². The molecule has 6 heteroatoms. The van der Waals surface area contributed by atoms with Crippen molar-refractivity contribution in [1.29, 1.82) is 0 Å². The van der Waals surface area contributed by atoms with Crippen LogP contribution < -0.4 is 0 Å². The number of allylic oxidation sites excluding steroid dienone is 30. The van der Waals surface area contributed by atoms with Crippen molar-refractivity contribution in [3.63, 3.8) is 0 Å². The fraction of sp³-hybridized carbons (Fsp3) is 0.571. The summed E-state index contributed by atoms with van der Waals surface area (Å²) in [5.41, 5.74) is 0. The summed E-state index contributed by atoms with van der Waals surface area (Å²) >= 11 is 0. The molecule has 0 rings (SSSR count). The van der Waals surface area contributed by atoms with E-state index in [1.807, 2.05) is 0 Å². The molecule has 0 radical (unpaired) electrons. The van der Waals surface area contributed by atoms with Crippen molar-refractivity contribution in [3.05, 3.63) is 182 Å². The second kappa shape index (κ2) is 69.0. The van der Waals surface area contributed by atoms with Crippen LogP contribution in [-0.4, -0.2) is 37.2 Å². The monoisotopic (exact) mass is 1140 g/mol. The van der Waals surface area contributed by atoms with E-state index >= 15 is 0 Å². The van der Waals surface area contributed by atoms with Gasteiger partial charge in [0.2, 0.25) is 0 Å². The molecule has 1 unspecified atom stereocenters. The molecule has 1 atom stereocenters. The van der Waals surface area contributed by atoms with Gasteiger partial charge in [-0.2, -0.15) is 0 Å². The molecule has 0 aromatic carbocycles. The fourth-order valence-corrected chi connectivity index (χ4v) is 8.52. The fourth-order valence-electron chi connectivity index (χ4n) is 8.52. The average Bonchev–Trinajstić information content (AvgIpc) is 3.49. The zero-order chi connectivity index (χ0) is 59.9. The molecule has 464 valence electrons. The van der Waals surface area contributed by atoms with Crippen LogP contribution in [0.2, 0.25) is 0 Å². The zero-order valence-electron chi connectivity index (χ0n) is 53.1. The average molecular weight is 1140 g/mol. The van der Waals surface area contributed by atoms with Gasteiger partial charge in [0.05, 0.1) is 0 Å². The van der Waals surface area contributed by atoms with Gasteiger partial charge < -0.3 is 14.2 Å². The molecule has 0 aliphatic carbocycles. The topological polar surface area (TPSA) is 78.9 Å². The molecule has 0 bridgehead atoms. The van der Waals surface area contributed by atoms with Crippen LogP contribution in [0.15, 0.2) is 182 Å². The van der Waals surface area contributed by atoms with Gasteiger partial charge in [-0.05, 0) is 154 Å². The van der Waals surface area contributed by atoms with Crippen molar-refractivity contribution in [3.8, 4) is 0 Å². The summed E-state index contributed by atoms with van der Waals surface area (Å²) in [6, 6.07) is 0. The summed E-state index contributed by atoms with van der Waals surface area (Å²) in [6.45, 7) is 6.26. The summed E-state index contributed by atoms with van der Waals surface area (Å²) in [6.07, 6.45) is 103. The van der Waals surface area contributed by atoms with Crippen molar-refractivity contribution in [2.45, 2.75) is 271 Å². The lowest BCUT2D eigenvalue weighted by atomic mass is 10.1. The molecule has 0 spiro atoms. The third-order valence-corrected chi connectivity index (χ3v) is 13.4. The standard InChI is InChI=1S/C77H120O6/c1-4-7-10-13-16-19-22-25-28-31-34-37-38-41-43-46-49-52-55-58-61-64-67-70-76(79)82-73-74(83-77(80)71-68-65-62-59-56-53-50-47-44-40-36-33-30-27-24-21-18-15-12-9-6-3)72-81-75(78)69-66-63-60-57-54-51-48-45-42-39-35-32-29-26-23-20-17-14-11-8-5-2/h7-12,16-21,25-30,34-37,39-41,43,45,47-48,50,74H,4-6,13-15,22-24,31-33,38,42,44,46,49,51-73H2,1-3H3/b10-7-,11-8-,12-9-,19-16-,20-17-,21-18-,28-25-,29-26-,30-27-,37-34-,39-35-,40-36-,43-41-,48-45-,50-47-. The highest BCUT2D eigenvalue weighted by atomic mass is 16.6. The van der Waals surface area contributed by atoms with Crippen LogP contribution in [0.25, 0.3) is 0 Å². The number of unbranched alkanes of at least 4 members (excludes halogenated alkanes) is 17. The normalized spacial score (nSPS) is 13.3. The minimum Gasteiger partial charge on any atom is -0.462 e. The van der Waals surface area contributed by atoms with Crippen LogP contribution in [-0.2, 0) is 28.6 Å². The summed E-state index contributed by atoms with van der Waals surface area (Å²) in [5.74, 6) is -0.960. The van der Waals surface area contributed by atoms with E-state index in [9.17, 15) is 14.4 Å². The van der Waals surface area contributed by atoms with E-state index in [4.69, 9.17) is 14.2 Å². The van der Waals surface area contributed by atoms with Crippen LogP contribution in [0.4, 0.5) is 0 Å². The van der Waals surface area contributed by atoms with Gasteiger partial charge in [-0.1, -0.05) is 274 Å². The highest BCUT2D eigenvalue weighted by Crippen LogP contribution is 2.14. The van der Waals surface area contributed by atoms with E-state index in [2.05, 4.69) is 203 Å². The molecule has 0 fully saturated rings. The predicted molar refractivity (Wildman–Crippen MR) is 361 cm³/mol. The van der Waals surface area contributed by atoms with Gasteiger partial charge >= 0.3 is 17.9 Å². The van der Waals surface area contributed by atoms with E-state index in [0.717, 1.165) is 199 Å². The van der Waals surface area contributed by atoms with E-state index in [1.165, 1.54) is 25.7 Å². The number of carbonyl (C=O) groups is 3. The molecule has 0 saturated carbocycles. The highest BCUT2D eigenvalue weighted by Gasteiger charge is 2.19. The van der Waals surface area contributed by atoms with E-state index in [-0.39, 0.29) is 37.5 Å². The van der Waals surface area contributed by atoms with Gasteiger partial charge in [0.25, 0.3) is 0 Å². The minimum absolute atomic E-state index is 0.108. The number of carbonyl (C=O) groups excluding carboxylic acids is 3. The van der Waals surface area contributed by atoms with Crippen molar-refractivity contribution >= 4 is 17.9 Å². The van der Waals surface area contributed by atoms with Crippen LogP contribution in [0, 0.1) is 0 Å². The first-order valence-corrected chi connectivity index (χ1v) is 33.3. The Morgan fingerprint density at radius 1 is 0.241 bits per heavy atom. The number of ether oxygens (including phenoxy) is 3. The zero-order valence-corrected chi connectivity index (χ0v) is 53.1. The summed E-state index contributed by atoms with van der Waals surface area (Å²) in [5, 5.41) is 0. The SMILES string of the molecule is CC/C=C\C/C=C\C/C=C\C/C=C\C/C=C\CCCCCCCCCC(=O)OCC(COC(=O)CCCCCCC/C=C\C/C=C\C/C=C\C/C=C\C/C=C\CC)OC(=O)CCCCCCC/C=C\C/C=C\C/C=C\C/C=C\C/C=C\CC. The minimum atomic E-state index is -0.815. The number of esters is 3. The molecule has 0 aliphatic heterocycles. The second-order valence-electron chi connectivity index (χ2n) is 21.2. The summed E-state index contributed by atoms with van der Waals surface area (Å²) in [4.78, 5) is 38.5. The van der Waals surface area contributed by atoms with E-state index in [1.54, 1.807) is 0 Å². The maximum atomic E-state index is 13.0. The van der Waals surface area contributed by atoms with Crippen molar-refractivity contribution in [2.75, 3.05) is 13.2 Å². The van der Waals surface area contributed by atoms with Gasteiger partial charge in [-0.15, -0.1) is 0 Å². The highest BCUT2D eigenvalue weighted by molar-refractivity contribution is 5.71. The predicted octanol–water partition coefficient (Wildman–Crippen LogP) is 23.2. The largest absolute Gasteiger partial charge is 0.462 e. The summed E-state index contributed by atoms with van der Waals surface area (Å²) < 4.78 is 16.9. The first-order valence-electron chi connectivity index (χ1n) is 33.3. The molecule has 83 heavy (non-hydrogen) atoms. The Morgan fingerprint density at radius 2 is 0.434 bits per heavy atom. The third-order valence-electron chi connectivity index (χ3n) is 13.4. The van der Waals surface area contributed by atoms with Gasteiger partial charge in [0.1, 0.15) is 13.2 Å². The molecular weight excluding hydrogens is 1020 g/mol. The van der Waals surface area contributed by atoms with Crippen LogP contribution >= 0.6 is 0 Å². The van der Waals surface area contributed by atoms with E-state index in [0.29, 0.717) is 12.8 Å². The Balaban J connectivity index is 4.54. The maximum absolute atomic E-state index is 13.0. The lowest BCUT2D eigenvalue weighted by Crippen LogP contribution is -2.30. The lowest BCUT2D eigenvalue weighted by Gasteiger charge is -2.18. The van der Waals surface area contributed by atoms with Crippen LogP contribution in [0.1, 0.15) is 265 Å². The number of hydrogen-bond acceptors (Lipinski definition) is 6. The molecule has 6 nitrogen and oxygen atoms in total. The molecule has 0 aliphatic rings. The second-order valence-corrected chi connectivity index (χ2v) is 21.2. The summed E-state index contributed by atoms with van der Waals surface area (Å²) in [7, 11) is 0. The van der Waals surface area contributed by atoms with Gasteiger partial charge in [-0.3, -0.25) is 14.4 Å². The van der Waals surface area contributed by atoms with Crippen LogP contribution in [0.5, 0.6) is 0 Å². The Hall–Kier alpha value is -5.49. The number of hydrogen-bond donors (Lipinski definition) is 0. The molecule has 0 heterocycles. The van der Waals surface area contributed by atoms with Crippen molar-refractivity contribution < 1.29 is 28.6 Å². The van der Waals surface area contributed by atoms with Gasteiger partial charge in [-0.25, -0.2) is 0 Å². The molecular formula is C77H120O6. The Morgan fingerprint density at radius 3 is 0.675 bits per heavy atom. The maximum Gasteiger partial charge on any atom is 0.306 e. The van der Waals surface area contributed by atoms with Crippen molar-refractivity contribution in [1.82, 2.24) is 0 Å². The third kappa shape index (κ3) is 67.2. The molecule has 0 amide bonds. The quantitative estimate of drug-likeness (QED) is 0.0261. The molecule has 0 aromatic heterocycles.